The van der Waals surface area contributed by atoms with Crippen LogP contribution in [0.2, 0.25) is 0 Å². The molecule has 0 atom stereocenters. The molecule has 1 saturated heterocycles. The van der Waals surface area contributed by atoms with E-state index >= 15 is 0 Å². The number of rotatable bonds is 2. The van der Waals surface area contributed by atoms with Crippen LogP contribution in [0.5, 0.6) is 0 Å². The van der Waals surface area contributed by atoms with Crippen LogP contribution in [-0.4, -0.2) is 23.3 Å². The molecule has 0 aromatic carbocycles. The van der Waals surface area contributed by atoms with Crippen LogP contribution in [0.15, 0.2) is 18.3 Å². The van der Waals surface area contributed by atoms with Crippen LogP contribution in [0.4, 0.5) is 0 Å². The molecule has 1 aromatic heterocycles. The SMILES string of the molecule is CC1(C)OB(c2ncccc2CC#N)OC1(C)C. The molecule has 1 aliphatic heterocycles. The van der Waals surface area contributed by atoms with Crippen LogP contribution in [0.3, 0.4) is 0 Å². The van der Waals surface area contributed by atoms with Crippen molar-refractivity contribution in [2.75, 3.05) is 0 Å². The third kappa shape index (κ3) is 2.14. The molecule has 0 unspecified atom stereocenters. The van der Waals surface area contributed by atoms with E-state index in [2.05, 4.69) is 11.1 Å². The van der Waals surface area contributed by atoms with Crippen LogP contribution in [0, 0.1) is 11.3 Å². The summed E-state index contributed by atoms with van der Waals surface area (Å²) < 4.78 is 11.9. The van der Waals surface area contributed by atoms with Crippen molar-refractivity contribution in [3.8, 4) is 6.07 Å². The number of nitriles is 1. The van der Waals surface area contributed by atoms with Crippen molar-refractivity contribution in [2.45, 2.75) is 45.3 Å². The molecule has 94 valence electrons. The van der Waals surface area contributed by atoms with E-state index in [-0.39, 0.29) is 11.2 Å². The third-order valence-electron chi connectivity index (χ3n) is 3.67. The zero-order valence-electron chi connectivity index (χ0n) is 11.2. The number of pyridine rings is 1. The molecule has 18 heavy (non-hydrogen) atoms. The van der Waals surface area contributed by atoms with Gasteiger partial charge in [0.2, 0.25) is 0 Å². The van der Waals surface area contributed by atoms with Crippen LogP contribution in [0.25, 0.3) is 0 Å². The molecular weight excluding hydrogens is 227 g/mol. The first-order valence-electron chi connectivity index (χ1n) is 6.04. The first kappa shape index (κ1) is 13.1. The molecule has 1 aliphatic rings. The molecule has 5 heteroatoms. The van der Waals surface area contributed by atoms with E-state index in [4.69, 9.17) is 14.6 Å². The highest BCUT2D eigenvalue weighted by molar-refractivity contribution is 6.61. The van der Waals surface area contributed by atoms with Gasteiger partial charge >= 0.3 is 7.12 Å². The van der Waals surface area contributed by atoms with Crippen molar-refractivity contribution in [3.63, 3.8) is 0 Å². The van der Waals surface area contributed by atoms with Gasteiger partial charge in [-0.2, -0.15) is 5.26 Å². The zero-order chi connectivity index (χ0) is 13.4. The van der Waals surface area contributed by atoms with E-state index in [9.17, 15) is 0 Å². The van der Waals surface area contributed by atoms with Gasteiger partial charge in [0.05, 0.1) is 29.3 Å². The molecule has 0 bridgehead atoms. The lowest BCUT2D eigenvalue weighted by molar-refractivity contribution is 0.00578. The summed E-state index contributed by atoms with van der Waals surface area (Å²) in [6.07, 6.45) is 2.01. The van der Waals surface area contributed by atoms with E-state index in [1.54, 1.807) is 6.20 Å². The Morgan fingerprint density at radius 3 is 2.44 bits per heavy atom. The fourth-order valence-corrected chi connectivity index (χ4v) is 1.85. The van der Waals surface area contributed by atoms with E-state index in [1.807, 2.05) is 39.8 Å². The Kier molecular flexibility index (Phi) is 3.18. The van der Waals surface area contributed by atoms with Crippen molar-refractivity contribution < 1.29 is 9.31 Å². The van der Waals surface area contributed by atoms with Crippen LogP contribution in [-0.2, 0) is 15.7 Å². The number of hydrogen-bond donors (Lipinski definition) is 0. The average Bonchev–Trinajstić information content (AvgIpc) is 2.49. The highest BCUT2D eigenvalue weighted by Crippen LogP contribution is 2.36. The van der Waals surface area contributed by atoms with Crippen LogP contribution < -0.4 is 5.59 Å². The van der Waals surface area contributed by atoms with Gasteiger partial charge in [-0.25, -0.2) is 0 Å². The predicted molar refractivity (Wildman–Crippen MR) is 69.3 cm³/mol. The Morgan fingerprint density at radius 2 is 1.89 bits per heavy atom. The standard InChI is InChI=1S/C13H17BN2O2/c1-12(2)13(3,4)18-14(17-12)11-10(7-8-15)6-5-9-16-11/h5-6,9H,7H2,1-4H3. The van der Waals surface area contributed by atoms with E-state index in [0.717, 1.165) is 5.56 Å². The van der Waals surface area contributed by atoms with E-state index in [0.29, 0.717) is 12.0 Å². The minimum absolute atomic E-state index is 0.313. The first-order chi connectivity index (χ1) is 8.37. The minimum atomic E-state index is -0.500. The Morgan fingerprint density at radius 1 is 1.28 bits per heavy atom. The highest BCUT2D eigenvalue weighted by atomic mass is 16.7. The molecule has 0 aliphatic carbocycles. The van der Waals surface area contributed by atoms with Crippen molar-refractivity contribution in [1.82, 2.24) is 4.98 Å². The number of aromatic nitrogens is 1. The molecule has 0 N–H and O–H groups in total. The maximum atomic E-state index is 8.83. The molecule has 0 saturated carbocycles. The van der Waals surface area contributed by atoms with Crippen molar-refractivity contribution in [1.29, 1.82) is 5.26 Å². The molecule has 1 fully saturated rings. The fraction of sp³-hybridized carbons (Fsp3) is 0.538. The highest BCUT2D eigenvalue weighted by Gasteiger charge is 2.52. The smallest absolute Gasteiger partial charge is 0.398 e. The Bertz CT molecular complexity index is 478. The Balaban J connectivity index is 2.33. The average molecular weight is 244 g/mol. The van der Waals surface area contributed by atoms with Crippen molar-refractivity contribution >= 4 is 12.7 Å². The Labute approximate surface area is 108 Å². The summed E-state index contributed by atoms with van der Waals surface area (Å²) >= 11 is 0. The predicted octanol–water partition coefficient (Wildman–Crippen LogP) is 1.45. The lowest BCUT2D eigenvalue weighted by Crippen LogP contribution is -2.41. The third-order valence-corrected chi connectivity index (χ3v) is 3.67. The molecule has 2 heterocycles. The summed E-state index contributed by atoms with van der Waals surface area (Å²) in [6, 6.07) is 5.84. The normalized spacial score (nSPS) is 20.7. The first-order valence-corrected chi connectivity index (χ1v) is 6.04. The van der Waals surface area contributed by atoms with Gasteiger partial charge in [-0.05, 0) is 39.3 Å². The summed E-state index contributed by atoms with van der Waals surface area (Å²) in [6.45, 7) is 8.00. The van der Waals surface area contributed by atoms with Gasteiger partial charge in [0, 0.05) is 6.20 Å². The van der Waals surface area contributed by atoms with E-state index in [1.165, 1.54) is 0 Å². The van der Waals surface area contributed by atoms with Gasteiger partial charge in [0.15, 0.2) is 0 Å². The molecule has 0 radical (unpaired) electrons. The van der Waals surface area contributed by atoms with E-state index < -0.39 is 7.12 Å². The van der Waals surface area contributed by atoms with Gasteiger partial charge in [-0.3, -0.25) is 4.98 Å². The topological polar surface area (TPSA) is 55.1 Å². The maximum absolute atomic E-state index is 8.83. The maximum Gasteiger partial charge on any atom is 0.514 e. The second kappa shape index (κ2) is 4.38. The van der Waals surface area contributed by atoms with Gasteiger partial charge in [0.1, 0.15) is 0 Å². The number of hydrogen-bond acceptors (Lipinski definition) is 4. The molecule has 2 rings (SSSR count). The fourth-order valence-electron chi connectivity index (χ4n) is 1.85. The second-order valence-corrected chi connectivity index (χ2v) is 5.47. The van der Waals surface area contributed by atoms with Crippen LogP contribution >= 0.6 is 0 Å². The summed E-state index contributed by atoms with van der Waals surface area (Å²) in [7, 11) is -0.500. The summed E-state index contributed by atoms with van der Waals surface area (Å²) in [5, 5.41) is 8.83. The van der Waals surface area contributed by atoms with Crippen LogP contribution in [0.1, 0.15) is 33.3 Å². The second-order valence-electron chi connectivity index (χ2n) is 5.47. The van der Waals surface area contributed by atoms with Gasteiger partial charge < -0.3 is 9.31 Å². The quantitative estimate of drug-likeness (QED) is 0.739. The van der Waals surface area contributed by atoms with Gasteiger partial charge in [0.25, 0.3) is 0 Å². The molecule has 0 spiro atoms. The largest absolute Gasteiger partial charge is 0.514 e. The Hall–Kier alpha value is -1.38. The lowest BCUT2D eigenvalue weighted by atomic mass is 9.80. The molecular formula is C13H17BN2O2. The van der Waals surface area contributed by atoms with Gasteiger partial charge in [-0.1, -0.05) is 6.07 Å². The van der Waals surface area contributed by atoms with Crippen molar-refractivity contribution in [2.24, 2.45) is 0 Å². The lowest BCUT2D eigenvalue weighted by Gasteiger charge is -2.32. The minimum Gasteiger partial charge on any atom is -0.398 e. The monoisotopic (exact) mass is 244 g/mol. The molecule has 4 nitrogen and oxygen atoms in total. The zero-order valence-corrected chi connectivity index (χ0v) is 11.2. The van der Waals surface area contributed by atoms with Crippen molar-refractivity contribution in [3.05, 3.63) is 23.9 Å². The molecule has 0 amide bonds. The molecule has 1 aromatic rings. The summed E-state index contributed by atoms with van der Waals surface area (Å²) in [4.78, 5) is 4.31. The summed E-state index contributed by atoms with van der Waals surface area (Å²) in [5.41, 5.74) is 0.786. The number of nitrogens with zero attached hydrogens (tertiary/aromatic N) is 2. The summed E-state index contributed by atoms with van der Waals surface area (Å²) in [5.74, 6) is 0. The van der Waals surface area contributed by atoms with Gasteiger partial charge in [-0.15, -0.1) is 0 Å².